The Hall–Kier alpha value is -4.10. The maximum absolute atomic E-state index is 13.6. The Bertz CT molecular complexity index is 1510. The van der Waals surface area contributed by atoms with Crippen molar-refractivity contribution in [3.8, 4) is 11.5 Å². The van der Waals surface area contributed by atoms with Crippen molar-refractivity contribution in [1.82, 2.24) is 5.32 Å². The van der Waals surface area contributed by atoms with Crippen molar-refractivity contribution in [2.75, 3.05) is 13.7 Å². The van der Waals surface area contributed by atoms with Crippen LogP contribution in [0.3, 0.4) is 0 Å². The molecule has 194 valence electrons. The Morgan fingerprint density at radius 2 is 1.79 bits per heavy atom. The van der Waals surface area contributed by atoms with E-state index in [2.05, 4.69) is 5.32 Å². The molecule has 0 amide bonds. The van der Waals surface area contributed by atoms with Crippen LogP contribution in [0.4, 0.5) is 4.39 Å². The molecule has 38 heavy (non-hydrogen) atoms. The van der Waals surface area contributed by atoms with Gasteiger partial charge in [0, 0.05) is 28.3 Å². The molecule has 0 fully saturated rings. The first-order valence-corrected chi connectivity index (χ1v) is 12.5. The number of hydrogen-bond donors (Lipinski definition) is 1. The van der Waals surface area contributed by atoms with E-state index >= 15 is 0 Å². The highest BCUT2D eigenvalue weighted by atomic mass is 35.5. The molecule has 0 saturated carbocycles. The summed E-state index contributed by atoms with van der Waals surface area (Å²) in [4.78, 5) is 26.8. The number of allylic oxidation sites excluding steroid dienone is 2. The number of halogens is 2. The molecule has 1 heterocycles. The van der Waals surface area contributed by atoms with Crippen LogP contribution in [-0.2, 0) is 16.1 Å². The first kappa shape index (κ1) is 25.5. The molecule has 0 saturated heterocycles. The minimum absolute atomic E-state index is 0.138. The Labute approximate surface area is 224 Å². The fourth-order valence-electron chi connectivity index (χ4n) is 4.92. The van der Waals surface area contributed by atoms with Crippen molar-refractivity contribution >= 4 is 29.1 Å². The van der Waals surface area contributed by atoms with Gasteiger partial charge < -0.3 is 19.5 Å². The van der Waals surface area contributed by atoms with Gasteiger partial charge in [-0.3, -0.25) is 4.79 Å². The Morgan fingerprint density at radius 3 is 2.47 bits per heavy atom. The molecule has 1 aliphatic carbocycles. The highest BCUT2D eigenvalue weighted by Crippen LogP contribution is 2.49. The van der Waals surface area contributed by atoms with Crippen LogP contribution in [0.25, 0.3) is 5.70 Å². The zero-order valence-corrected chi connectivity index (χ0v) is 21.8. The molecule has 0 spiro atoms. The van der Waals surface area contributed by atoms with Gasteiger partial charge in [0.05, 0.1) is 30.0 Å². The summed E-state index contributed by atoms with van der Waals surface area (Å²) in [7, 11) is 1.48. The quantitative estimate of drug-likeness (QED) is 0.365. The summed E-state index contributed by atoms with van der Waals surface area (Å²) in [5.41, 5.74) is 4.68. The molecule has 3 aromatic rings. The van der Waals surface area contributed by atoms with Crippen LogP contribution < -0.4 is 14.8 Å². The third-order valence-electron chi connectivity index (χ3n) is 6.63. The van der Waals surface area contributed by atoms with Crippen LogP contribution >= 0.6 is 11.6 Å². The van der Waals surface area contributed by atoms with Gasteiger partial charge in [0.25, 0.3) is 0 Å². The van der Waals surface area contributed by atoms with Crippen molar-refractivity contribution < 1.29 is 28.2 Å². The molecule has 8 heteroatoms. The summed E-state index contributed by atoms with van der Waals surface area (Å²) in [5.74, 6) is -1.15. The number of ketones is 1. The van der Waals surface area contributed by atoms with Gasteiger partial charge in [-0.1, -0.05) is 48.0 Å². The average Bonchev–Trinajstić information content (AvgIpc) is 3.19. The fourth-order valence-corrected chi connectivity index (χ4v) is 5.20. The molecule has 2 aliphatic rings. The first-order valence-electron chi connectivity index (χ1n) is 12.1. The number of benzene rings is 3. The van der Waals surface area contributed by atoms with Crippen LogP contribution in [0.5, 0.6) is 11.5 Å². The van der Waals surface area contributed by atoms with Crippen molar-refractivity contribution in [3.05, 3.63) is 111 Å². The minimum Gasteiger partial charge on any atom is -0.493 e. The number of rotatable bonds is 7. The molecule has 1 aliphatic heterocycles. The molecule has 0 bridgehead atoms. The molecule has 6 nitrogen and oxygen atoms in total. The van der Waals surface area contributed by atoms with Crippen molar-refractivity contribution in [1.29, 1.82) is 0 Å². The number of esters is 1. The van der Waals surface area contributed by atoms with Crippen molar-refractivity contribution in [2.24, 2.45) is 0 Å². The zero-order chi connectivity index (χ0) is 27.0. The molecular weight excluding hydrogens is 509 g/mol. The summed E-state index contributed by atoms with van der Waals surface area (Å²) in [6.45, 7) is 3.84. The van der Waals surface area contributed by atoms with Gasteiger partial charge in [0.1, 0.15) is 12.4 Å². The number of nitrogens with one attached hydrogen (secondary N) is 1. The van der Waals surface area contributed by atoms with Crippen LogP contribution in [-0.4, -0.2) is 25.5 Å². The van der Waals surface area contributed by atoms with Gasteiger partial charge in [-0.25, -0.2) is 9.18 Å². The standard InChI is InChI=1S/C30H25ClFNO5/c1-4-37-30(35)24-16(2)33-27-20-7-5-6-8-21(20)28(34)26(27)25(24)18-13-22(31)29(23(14-18)36-3)38-15-17-9-11-19(32)12-10-17/h5-14,25,33H,4,15H2,1-3H3/t25-/m1/s1. The van der Waals surface area contributed by atoms with Crippen LogP contribution in [0.2, 0.25) is 5.02 Å². The molecule has 3 aromatic carbocycles. The summed E-state index contributed by atoms with van der Waals surface area (Å²) in [6, 6.07) is 16.7. The van der Waals surface area contributed by atoms with E-state index in [-0.39, 0.29) is 29.8 Å². The molecule has 1 atom stereocenters. The lowest BCUT2D eigenvalue weighted by atomic mass is 9.79. The number of ether oxygens (including phenoxy) is 3. The second-order valence-corrected chi connectivity index (χ2v) is 9.34. The van der Waals surface area contributed by atoms with E-state index in [4.69, 9.17) is 25.8 Å². The van der Waals surface area contributed by atoms with Crippen LogP contribution in [0.1, 0.15) is 46.8 Å². The lowest BCUT2D eigenvalue weighted by Gasteiger charge is -2.29. The number of Topliss-reactive ketones (excluding diaryl/α,β-unsaturated/α-hetero) is 1. The minimum atomic E-state index is -0.747. The fraction of sp³-hybridized carbons (Fsp3) is 0.200. The van der Waals surface area contributed by atoms with Gasteiger partial charge in [-0.15, -0.1) is 0 Å². The predicted molar refractivity (Wildman–Crippen MR) is 142 cm³/mol. The Kier molecular flexibility index (Phi) is 6.95. The Morgan fingerprint density at radius 1 is 1.08 bits per heavy atom. The van der Waals surface area contributed by atoms with E-state index in [1.165, 1.54) is 19.2 Å². The SMILES string of the molecule is CCOC(=O)C1=C(C)NC2=C(C(=O)c3ccccc32)[C@@H]1c1cc(Cl)c(OCc2ccc(F)cc2)c(OC)c1. The van der Waals surface area contributed by atoms with Gasteiger partial charge in [0.15, 0.2) is 17.3 Å². The van der Waals surface area contributed by atoms with Gasteiger partial charge in [-0.2, -0.15) is 0 Å². The maximum Gasteiger partial charge on any atom is 0.336 e. The topological polar surface area (TPSA) is 73.9 Å². The van der Waals surface area contributed by atoms with Crippen LogP contribution in [0.15, 0.2) is 77.5 Å². The second kappa shape index (κ2) is 10.3. The van der Waals surface area contributed by atoms with Crippen molar-refractivity contribution in [3.63, 3.8) is 0 Å². The highest BCUT2D eigenvalue weighted by molar-refractivity contribution is 6.32. The van der Waals surface area contributed by atoms with E-state index in [1.54, 1.807) is 44.2 Å². The smallest absolute Gasteiger partial charge is 0.336 e. The average molecular weight is 534 g/mol. The third-order valence-corrected chi connectivity index (χ3v) is 6.91. The largest absolute Gasteiger partial charge is 0.493 e. The number of fused-ring (bicyclic) bond motifs is 2. The summed E-state index contributed by atoms with van der Waals surface area (Å²) >= 11 is 6.70. The summed E-state index contributed by atoms with van der Waals surface area (Å²) in [6.07, 6.45) is 0. The van der Waals surface area contributed by atoms with Gasteiger partial charge in [-0.05, 0) is 49.2 Å². The van der Waals surface area contributed by atoms with E-state index in [0.717, 1.165) is 11.1 Å². The number of dihydropyridines is 1. The monoisotopic (exact) mass is 533 g/mol. The van der Waals surface area contributed by atoms with Crippen molar-refractivity contribution in [2.45, 2.75) is 26.4 Å². The highest BCUT2D eigenvalue weighted by Gasteiger charge is 2.43. The van der Waals surface area contributed by atoms with E-state index in [9.17, 15) is 14.0 Å². The first-order chi connectivity index (χ1) is 18.3. The molecule has 0 unspecified atom stereocenters. The van der Waals surface area contributed by atoms with E-state index < -0.39 is 11.9 Å². The number of hydrogen-bond acceptors (Lipinski definition) is 6. The Balaban J connectivity index is 1.60. The molecule has 0 radical (unpaired) electrons. The maximum atomic E-state index is 13.6. The van der Waals surface area contributed by atoms with Crippen LogP contribution in [0, 0.1) is 5.82 Å². The lowest BCUT2D eigenvalue weighted by molar-refractivity contribution is -0.138. The van der Waals surface area contributed by atoms with Gasteiger partial charge >= 0.3 is 5.97 Å². The zero-order valence-electron chi connectivity index (χ0n) is 21.1. The number of methoxy groups -OCH3 is 1. The molecular formula is C30H25ClFNO5. The van der Waals surface area contributed by atoms with E-state index in [1.807, 2.05) is 18.2 Å². The van der Waals surface area contributed by atoms with E-state index in [0.29, 0.717) is 45.2 Å². The third kappa shape index (κ3) is 4.43. The second-order valence-electron chi connectivity index (χ2n) is 8.93. The predicted octanol–water partition coefficient (Wildman–Crippen LogP) is 6.20. The molecule has 1 N–H and O–H groups in total. The molecule has 0 aromatic heterocycles. The summed E-state index contributed by atoms with van der Waals surface area (Å²) < 4.78 is 30.2. The number of carbonyl (C=O) groups is 2. The van der Waals surface area contributed by atoms with Gasteiger partial charge in [0.2, 0.25) is 0 Å². The normalized spacial score (nSPS) is 16.1. The molecule has 5 rings (SSSR count). The summed E-state index contributed by atoms with van der Waals surface area (Å²) in [5, 5.41) is 3.51. The lowest BCUT2D eigenvalue weighted by Crippen LogP contribution is -2.29. The number of carbonyl (C=O) groups excluding carboxylic acids is 2.